The van der Waals surface area contributed by atoms with Crippen LogP contribution in [0.1, 0.15) is 22.8 Å². The van der Waals surface area contributed by atoms with Gasteiger partial charge in [0, 0.05) is 35.4 Å². The van der Waals surface area contributed by atoms with Crippen molar-refractivity contribution in [2.75, 3.05) is 16.8 Å². The number of nitrogens with zero attached hydrogens (tertiary/aromatic N) is 1. The van der Waals surface area contributed by atoms with Crippen LogP contribution in [0, 0.1) is 0 Å². The summed E-state index contributed by atoms with van der Waals surface area (Å²) in [5, 5.41) is 3.46. The topological polar surface area (TPSA) is 49.4 Å². The van der Waals surface area contributed by atoms with Gasteiger partial charge in [0.25, 0.3) is 5.91 Å². The number of carbonyl (C=O) groups is 2. The molecule has 1 N–H and O–H groups in total. The fourth-order valence-corrected chi connectivity index (χ4v) is 2.74. The number of halogens is 1. The predicted octanol–water partition coefficient (Wildman–Crippen LogP) is 3.50. The van der Waals surface area contributed by atoms with Crippen LogP contribution in [0.25, 0.3) is 0 Å². The van der Waals surface area contributed by atoms with Crippen molar-refractivity contribution in [1.29, 1.82) is 0 Å². The van der Waals surface area contributed by atoms with Crippen molar-refractivity contribution < 1.29 is 9.59 Å². The van der Waals surface area contributed by atoms with E-state index in [9.17, 15) is 9.59 Å². The second-order valence-electron chi connectivity index (χ2n) is 5.23. The van der Waals surface area contributed by atoms with Gasteiger partial charge in [0.05, 0.1) is 0 Å². The smallest absolute Gasteiger partial charge is 0.255 e. The molecule has 2 aromatic rings. The van der Waals surface area contributed by atoms with Gasteiger partial charge in [-0.2, -0.15) is 0 Å². The third-order valence-corrected chi connectivity index (χ3v) is 3.97. The van der Waals surface area contributed by atoms with Crippen LogP contribution in [0.2, 0.25) is 5.02 Å². The number of carbonyl (C=O) groups excluding carboxylic acids is 2. The molecule has 1 aliphatic heterocycles. The number of hydrogen-bond acceptors (Lipinski definition) is 2. The summed E-state index contributed by atoms with van der Waals surface area (Å²) in [4.78, 5) is 25.5. The average Bonchev–Trinajstić information content (AvgIpc) is 2.91. The molecule has 5 heteroatoms. The molecule has 0 atom stereocenters. The van der Waals surface area contributed by atoms with Gasteiger partial charge in [0.1, 0.15) is 0 Å². The van der Waals surface area contributed by atoms with E-state index in [1.807, 2.05) is 18.2 Å². The third-order valence-electron chi connectivity index (χ3n) is 3.72. The number of rotatable bonds is 2. The zero-order valence-corrected chi connectivity index (χ0v) is 12.9. The number of anilines is 2. The average molecular weight is 315 g/mol. The largest absolute Gasteiger partial charge is 0.322 e. The van der Waals surface area contributed by atoms with Crippen LogP contribution in [-0.2, 0) is 11.2 Å². The molecule has 1 heterocycles. The van der Waals surface area contributed by atoms with E-state index in [4.69, 9.17) is 11.6 Å². The number of fused-ring (bicyclic) bond motifs is 1. The van der Waals surface area contributed by atoms with Crippen molar-refractivity contribution in [2.24, 2.45) is 0 Å². The molecule has 0 saturated carbocycles. The van der Waals surface area contributed by atoms with E-state index in [2.05, 4.69) is 5.32 Å². The molecule has 22 heavy (non-hydrogen) atoms. The number of nitrogens with one attached hydrogen (secondary N) is 1. The van der Waals surface area contributed by atoms with E-state index in [0.29, 0.717) is 17.1 Å². The van der Waals surface area contributed by atoms with Crippen molar-refractivity contribution in [3.05, 3.63) is 58.6 Å². The van der Waals surface area contributed by atoms with E-state index >= 15 is 0 Å². The van der Waals surface area contributed by atoms with Crippen LogP contribution >= 0.6 is 11.6 Å². The molecule has 0 fully saturated rings. The first-order valence-electron chi connectivity index (χ1n) is 7.02. The second-order valence-corrected chi connectivity index (χ2v) is 5.66. The Morgan fingerprint density at radius 3 is 2.55 bits per heavy atom. The highest BCUT2D eigenvalue weighted by molar-refractivity contribution is 6.30. The van der Waals surface area contributed by atoms with Crippen molar-refractivity contribution >= 4 is 34.8 Å². The minimum atomic E-state index is -0.182. The Kier molecular flexibility index (Phi) is 3.86. The SMILES string of the molecule is CC(=O)N1CCc2cc(NC(=O)c3ccc(Cl)cc3)ccc21. The molecule has 3 rings (SSSR count). The van der Waals surface area contributed by atoms with Crippen molar-refractivity contribution in [3.63, 3.8) is 0 Å². The number of amides is 2. The lowest BCUT2D eigenvalue weighted by Crippen LogP contribution is -2.25. The van der Waals surface area contributed by atoms with Crippen LogP contribution in [-0.4, -0.2) is 18.4 Å². The first kappa shape index (κ1) is 14.6. The summed E-state index contributed by atoms with van der Waals surface area (Å²) in [5.74, 6) is -0.144. The molecule has 112 valence electrons. The molecule has 0 unspecified atom stereocenters. The standard InChI is InChI=1S/C17H15ClN2O2/c1-11(21)20-9-8-13-10-15(6-7-16(13)20)19-17(22)12-2-4-14(18)5-3-12/h2-7,10H,8-9H2,1H3,(H,19,22). The van der Waals surface area contributed by atoms with E-state index in [0.717, 1.165) is 23.4 Å². The lowest BCUT2D eigenvalue weighted by Gasteiger charge is -2.15. The van der Waals surface area contributed by atoms with Gasteiger partial charge in [-0.3, -0.25) is 9.59 Å². The van der Waals surface area contributed by atoms with Crippen molar-refractivity contribution in [1.82, 2.24) is 0 Å². The van der Waals surface area contributed by atoms with E-state index < -0.39 is 0 Å². The Morgan fingerprint density at radius 1 is 1.14 bits per heavy atom. The Labute approximate surface area is 133 Å². The normalized spacial score (nSPS) is 12.9. The Balaban J connectivity index is 1.78. The molecule has 0 bridgehead atoms. The highest BCUT2D eigenvalue weighted by Gasteiger charge is 2.22. The second kappa shape index (κ2) is 5.81. The lowest BCUT2D eigenvalue weighted by atomic mass is 10.1. The Bertz CT molecular complexity index is 741. The maximum absolute atomic E-state index is 12.2. The van der Waals surface area contributed by atoms with Gasteiger partial charge in [-0.1, -0.05) is 11.6 Å². The molecule has 1 aliphatic rings. The minimum Gasteiger partial charge on any atom is -0.322 e. The molecule has 0 aliphatic carbocycles. The van der Waals surface area contributed by atoms with Crippen molar-refractivity contribution in [3.8, 4) is 0 Å². The summed E-state index contributed by atoms with van der Waals surface area (Å²) in [7, 11) is 0. The Hall–Kier alpha value is -2.33. The van der Waals surface area contributed by atoms with Crippen LogP contribution < -0.4 is 10.2 Å². The number of hydrogen-bond donors (Lipinski definition) is 1. The molecule has 4 nitrogen and oxygen atoms in total. The first-order chi connectivity index (χ1) is 10.5. The molecular formula is C17H15ClN2O2. The maximum Gasteiger partial charge on any atom is 0.255 e. The fourth-order valence-electron chi connectivity index (χ4n) is 2.61. The summed E-state index contributed by atoms with van der Waals surface area (Å²) in [6.07, 6.45) is 0.805. The molecular weight excluding hydrogens is 300 g/mol. The van der Waals surface area contributed by atoms with E-state index in [1.165, 1.54) is 0 Å². The van der Waals surface area contributed by atoms with E-state index in [-0.39, 0.29) is 11.8 Å². The number of benzene rings is 2. The van der Waals surface area contributed by atoms with Gasteiger partial charge in [0.2, 0.25) is 5.91 Å². The minimum absolute atomic E-state index is 0.0386. The molecule has 0 spiro atoms. The third kappa shape index (κ3) is 2.83. The molecule has 2 aromatic carbocycles. The predicted molar refractivity (Wildman–Crippen MR) is 87.6 cm³/mol. The van der Waals surface area contributed by atoms with Gasteiger partial charge < -0.3 is 10.2 Å². The summed E-state index contributed by atoms with van der Waals surface area (Å²) in [6.45, 7) is 2.25. The Morgan fingerprint density at radius 2 is 1.86 bits per heavy atom. The highest BCUT2D eigenvalue weighted by Crippen LogP contribution is 2.30. The zero-order valence-electron chi connectivity index (χ0n) is 12.1. The van der Waals surface area contributed by atoms with Gasteiger partial charge >= 0.3 is 0 Å². The molecule has 0 aromatic heterocycles. The lowest BCUT2D eigenvalue weighted by molar-refractivity contribution is -0.116. The van der Waals surface area contributed by atoms with Gasteiger partial charge in [-0.25, -0.2) is 0 Å². The monoisotopic (exact) mass is 314 g/mol. The molecule has 2 amide bonds. The summed E-state index contributed by atoms with van der Waals surface area (Å²) >= 11 is 5.82. The quantitative estimate of drug-likeness (QED) is 0.922. The van der Waals surface area contributed by atoms with Crippen LogP contribution in [0.5, 0.6) is 0 Å². The molecule has 0 radical (unpaired) electrons. The molecule has 0 saturated heterocycles. The first-order valence-corrected chi connectivity index (χ1v) is 7.40. The van der Waals surface area contributed by atoms with Crippen molar-refractivity contribution in [2.45, 2.75) is 13.3 Å². The van der Waals surface area contributed by atoms with Crippen LogP contribution in [0.4, 0.5) is 11.4 Å². The van der Waals surface area contributed by atoms with Crippen LogP contribution in [0.3, 0.4) is 0 Å². The fraction of sp³-hybridized carbons (Fsp3) is 0.176. The van der Waals surface area contributed by atoms with Gasteiger partial charge in [-0.05, 0) is 54.4 Å². The van der Waals surface area contributed by atoms with Crippen LogP contribution in [0.15, 0.2) is 42.5 Å². The summed E-state index contributed by atoms with van der Waals surface area (Å²) < 4.78 is 0. The highest BCUT2D eigenvalue weighted by atomic mass is 35.5. The van der Waals surface area contributed by atoms with Gasteiger partial charge in [0.15, 0.2) is 0 Å². The summed E-state index contributed by atoms with van der Waals surface area (Å²) in [5.41, 5.74) is 3.28. The van der Waals surface area contributed by atoms with Gasteiger partial charge in [-0.15, -0.1) is 0 Å². The maximum atomic E-state index is 12.2. The zero-order chi connectivity index (χ0) is 15.7. The van der Waals surface area contributed by atoms with E-state index in [1.54, 1.807) is 36.1 Å². The summed E-state index contributed by atoms with van der Waals surface area (Å²) in [6, 6.07) is 12.3.